The number of rotatable bonds is 4. The van der Waals surface area contributed by atoms with Gasteiger partial charge in [-0.15, -0.1) is 0 Å². The van der Waals surface area contributed by atoms with Gasteiger partial charge >= 0.3 is 0 Å². The maximum atomic E-state index is 9.40. The lowest BCUT2D eigenvalue weighted by atomic mass is 9.98. The van der Waals surface area contributed by atoms with Gasteiger partial charge < -0.3 is 4.90 Å². The molecule has 0 aliphatic carbocycles. The molecule has 1 saturated heterocycles. The smallest absolute Gasteiger partial charge is 0.0839 e. The van der Waals surface area contributed by atoms with Crippen molar-refractivity contribution in [2.45, 2.75) is 38.5 Å². The molecule has 0 N–H and O–H groups in total. The Balaban J connectivity index is 1.94. The van der Waals surface area contributed by atoms with Crippen LogP contribution in [0.25, 0.3) is 0 Å². The molecular formula is C17H24N2. The van der Waals surface area contributed by atoms with Gasteiger partial charge in [0.25, 0.3) is 0 Å². The van der Waals surface area contributed by atoms with Gasteiger partial charge in [-0.25, -0.2) is 0 Å². The number of hydrogen-bond donors (Lipinski definition) is 0. The molecule has 1 aliphatic rings. The minimum Gasteiger partial charge on any atom is -0.302 e. The summed E-state index contributed by atoms with van der Waals surface area (Å²) in [6.07, 6.45) is 5.23. The predicted octanol–water partition coefficient (Wildman–Crippen LogP) is 3.81. The van der Waals surface area contributed by atoms with Crippen LogP contribution in [0.1, 0.15) is 44.1 Å². The highest BCUT2D eigenvalue weighted by Crippen LogP contribution is 2.23. The number of likely N-dealkylation sites (tertiary alicyclic amines) is 1. The molecular weight excluding hydrogens is 232 g/mol. The van der Waals surface area contributed by atoms with Gasteiger partial charge in [0.2, 0.25) is 0 Å². The van der Waals surface area contributed by atoms with Gasteiger partial charge in [0.05, 0.1) is 12.0 Å². The second-order valence-corrected chi connectivity index (χ2v) is 5.60. The first-order valence-electron chi connectivity index (χ1n) is 7.50. The summed E-state index contributed by atoms with van der Waals surface area (Å²) in [7, 11) is 0. The normalized spacial score (nSPS) is 22.4. The minimum absolute atomic E-state index is 0.0133. The molecule has 2 unspecified atom stereocenters. The summed E-state index contributed by atoms with van der Waals surface area (Å²) < 4.78 is 0. The van der Waals surface area contributed by atoms with Crippen LogP contribution in [0.4, 0.5) is 0 Å². The van der Waals surface area contributed by atoms with E-state index in [1.807, 2.05) is 18.2 Å². The van der Waals surface area contributed by atoms with Crippen LogP contribution < -0.4 is 0 Å². The molecule has 1 aromatic rings. The zero-order valence-electron chi connectivity index (χ0n) is 11.9. The van der Waals surface area contributed by atoms with E-state index in [0.29, 0.717) is 0 Å². The van der Waals surface area contributed by atoms with Crippen molar-refractivity contribution in [3.8, 4) is 6.07 Å². The lowest BCUT2D eigenvalue weighted by molar-refractivity contribution is 0.275. The second kappa shape index (κ2) is 7.31. The van der Waals surface area contributed by atoms with Crippen LogP contribution in [-0.4, -0.2) is 24.5 Å². The van der Waals surface area contributed by atoms with Crippen LogP contribution in [0.3, 0.4) is 0 Å². The predicted molar refractivity (Wildman–Crippen MR) is 78.9 cm³/mol. The lowest BCUT2D eigenvalue weighted by Crippen LogP contribution is -2.29. The van der Waals surface area contributed by atoms with Crippen molar-refractivity contribution in [1.82, 2.24) is 4.90 Å². The first-order chi connectivity index (χ1) is 9.33. The van der Waals surface area contributed by atoms with Gasteiger partial charge in [-0.2, -0.15) is 5.26 Å². The van der Waals surface area contributed by atoms with Gasteiger partial charge in [-0.05, 0) is 43.8 Å². The monoisotopic (exact) mass is 256 g/mol. The van der Waals surface area contributed by atoms with Gasteiger partial charge in [0.15, 0.2) is 0 Å². The van der Waals surface area contributed by atoms with Crippen LogP contribution in [0.5, 0.6) is 0 Å². The Kier molecular flexibility index (Phi) is 5.42. The fourth-order valence-electron chi connectivity index (χ4n) is 2.98. The molecule has 2 heteroatoms. The third kappa shape index (κ3) is 4.08. The van der Waals surface area contributed by atoms with E-state index in [1.165, 1.54) is 25.7 Å². The number of nitrogens with zero attached hydrogens (tertiary/aromatic N) is 2. The molecule has 0 amide bonds. The standard InChI is InChI=1S/C17H24N2/c1-2-15-7-6-11-19(12-10-15)14-17(13-18)16-8-4-3-5-9-16/h3-5,8-9,15,17H,2,6-7,10-12,14H2,1H3. The third-order valence-electron chi connectivity index (χ3n) is 4.32. The van der Waals surface area contributed by atoms with Crippen molar-refractivity contribution in [2.24, 2.45) is 5.92 Å². The zero-order chi connectivity index (χ0) is 13.5. The van der Waals surface area contributed by atoms with Gasteiger partial charge in [0, 0.05) is 6.54 Å². The van der Waals surface area contributed by atoms with Crippen molar-refractivity contribution in [3.63, 3.8) is 0 Å². The molecule has 1 aliphatic heterocycles. The topological polar surface area (TPSA) is 27.0 Å². The maximum Gasteiger partial charge on any atom is 0.0839 e. The highest BCUT2D eigenvalue weighted by molar-refractivity contribution is 5.25. The van der Waals surface area contributed by atoms with E-state index in [9.17, 15) is 5.26 Å². The van der Waals surface area contributed by atoms with E-state index in [4.69, 9.17) is 0 Å². The fourth-order valence-corrected chi connectivity index (χ4v) is 2.98. The molecule has 2 rings (SSSR count). The lowest BCUT2D eigenvalue weighted by Gasteiger charge is -2.23. The van der Waals surface area contributed by atoms with Gasteiger partial charge in [0.1, 0.15) is 0 Å². The van der Waals surface area contributed by atoms with Crippen LogP contribution in [-0.2, 0) is 0 Å². The van der Waals surface area contributed by atoms with Gasteiger partial charge in [-0.3, -0.25) is 0 Å². The first-order valence-corrected chi connectivity index (χ1v) is 7.50. The van der Waals surface area contributed by atoms with Crippen molar-refractivity contribution in [3.05, 3.63) is 35.9 Å². The molecule has 102 valence electrons. The Morgan fingerprint density at radius 3 is 2.74 bits per heavy atom. The van der Waals surface area contributed by atoms with Gasteiger partial charge in [-0.1, -0.05) is 43.7 Å². The molecule has 0 saturated carbocycles. The largest absolute Gasteiger partial charge is 0.302 e. The SMILES string of the molecule is CCC1CCCN(CC(C#N)c2ccccc2)CC1. The number of nitriles is 1. The van der Waals surface area contributed by atoms with Crippen molar-refractivity contribution in [2.75, 3.05) is 19.6 Å². The van der Waals surface area contributed by atoms with E-state index in [-0.39, 0.29) is 5.92 Å². The highest BCUT2D eigenvalue weighted by Gasteiger charge is 2.19. The molecule has 19 heavy (non-hydrogen) atoms. The van der Waals surface area contributed by atoms with Crippen LogP contribution in [0, 0.1) is 17.2 Å². The molecule has 1 fully saturated rings. The summed E-state index contributed by atoms with van der Waals surface area (Å²) >= 11 is 0. The average molecular weight is 256 g/mol. The number of benzene rings is 1. The Morgan fingerprint density at radius 2 is 2.05 bits per heavy atom. The Hall–Kier alpha value is -1.33. The molecule has 1 aromatic carbocycles. The summed E-state index contributed by atoms with van der Waals surface area (Å²) in [6, 6.07) is 12.7. The number of hydrogen-bond acceptors (Lipinski definition) is 2. The van der Waals surface area contributed by atoms with E-state index >= 15 is 0 Å². The molecule has 0 aromatic heterocycles. The molecule has 2 atom stereocenters. The molecule has 2 nitrogen and oxygen atoms in total. The first kappa shape index (κ1) is 14.1. The van der Waals surface area contributed by atoms with Crippen molar-refractivity contribution >= 4 is 0 Å². The Bertz CT molecular complexity index is 407. The quantitative estimate of drug-likeness (QED) is 0.819. The van der Waals surface area contributed by atoms with E-state index in [2.05, 4.69) is 30.0 Å². The second-order valence-electron chi connectivity index (χ2n) is 5.60. The molecule has 0 spiro atoms. The average Bonchev–Trinajstić information content (AvgIpc) is 2.70. The Labute approximate surface area is 117 Å². The Morgan fingerprint density at radius 1 is 1.26 bits per heavy atom. The van der Waals surface area contributed by atoms with E-state index < -0.39 is 0 Å². The molecule has 1 heterocycles. The summed E-state index contributed by atoms with van der Waals surface area (Å²) in [5.74, 6) is 0.904. The van der Waals surface area contributed by atoms with E-state index in [1.54, 1.807) is 0 Å². The van der Waals surface area contributed by atoms with Crippen LogP contribution in [0.15, 0.2) is 30.3 Å². The minimum atomic E-state index is 0.0133. The zero-order valence-corrected chi connectivity index (χ0v) is 11.9. The maximum absolute atomic E-state index is 9.40. The van der Waals surface area contributed by atoms with Crippen LogP contribution in [0.2, 0.25) is 0 Å². The van der Waals surface area contributed by atoms with E-state index in [0.717, 1.165) is 31.1 Å². The summed E-state index contributed by atoms with van der Waals surface area (Å²) in [4.78, 5) is 2.48. The molecule has 0 radical (unpaired) electrons. The fraction of sp³-hybridized carbons (Fsp3) is 0.588. The van der Waals surface area contributed by atoms with Crippen molar-refractivity contribution in [1.29, 1.82) is 5.26 Å². The third-order valence-corrected chi connectivity index (χ3v) is 4.32. The summed E-state index contributed by atoms with van der Waals surface area (Å²) in [6.45, 7) is 5.49. The highest BCUT2D eigenvalue weighted by atomic mass is 15.1. The molecule has 0 bridgehead atoms. The summed E-state index contributed by atoms with van der Waals surface area (Å²) in [5.41, 5.74) is 1.15. The summed E-state index contributed by atoms with van der Waals surface area (Å²) in [5, 5.41) is 9.40. The van der Waals surface area contributed by atoms with Crippen LogP contribution >= 0.6 is 0 Å². The van der Waals surface area contributed by atoms with Crippen molar-refractivity contribution < 1.29 is 0 Å².